The van der Waals surface area contributed by atoms with Crippen LogP contribution < -0.4 is 5.73 Å². The molecule has 2 rings (SSSR count). The molecular weight excluding hydrogens is 269 g/mol. The van der Waals surface area contributed by atoms with Crippen molar-refractivity contribution in [3.05, 3.63) is 71.0 Å². The van der Waals surface area contributed by atoms with Crippen LogP contribution in [0, 0.1) is 12.7 Å². The first kappa shape index (κ1) is 15.2. The van der Waals surface area contributed by atoms with Crippen molar-refractivity contribution in [1.82, 2.24) is 0 Å². The molecule has 0 aliphatic rings. The Balaban J connectivity index is 2.50. The summed E-state index contributed by atoms with van der Waals surface area (Å²) in [6.45, 7) is 1.78. The third-order valence-electron chi connectivity index (χ3n) is 3.77. The Morgan fingerprint density at radius 2 is 1.81 bits per heavy atom. The van der Waals surface area contributed by atoms with Crippen molar-refractivity contribution in [1.29, 1.82) is 0 Å². The molecule has 0 aromatic heterocycles. The Bertz CT molecular complexity index is 639. The zero-order valence-electron chi connectivity index (χ0n) is 11.8. The summed E-state index contributed by atoms with van der Waals surface area (Å²) >= 11 is 0. The fraction of sp³-hybridized carbons (Fsp3) is 0.235. The molecule has 0 saturated carbocycles. The minimum absolute atomic E-state index is 0.126. The van der Waals surface area contributed by atoms with E-state index >= 15 is 0 Å². The molecule has 0 aliphatic carbocycles. The molecular formula is C17H18FNO2. The molecule has 4 heteroatoms. The maximum Gasteiger partial charge on any atom is 0.315 e. The lowest BCUT2D eigenvalue weighted by Crippen LogP contribution is -2.45. The molecule has 0 aliphatic heterocycles. The summed E-state index contributed by atoms with van der Waals surface area (Å²) in [5.41, 5.74) is 6.31. The monoisotopic (exact) mass is 287 g/mol. The molecule has 2 aromatic carbocycles. The van der Waals surface area contributed by atoms with Gasteiger partial charge in [0.05, 0.1) is 0 Å². The Morgan fingerprint density at radius 1 is 1.19 bits per heavy atom. The van der Waals surface area contributed by atoms with Gasteiger partial charge in [0.25, 0.3) is 0 Å². The highest BCUT2D eigenvalue weighted by Crippen LogP contribution is 2.30. The van der Waals surface area contributed by atoms with Gasteiger partial charge in [-0.15, -0.1) is 0 Å². The fourth-order valence-corrected chi connectivity index (χ4v) is 2.46. The lowest BCUT2D eigenvalue weighted by atomic mass is 9.75. The molecule has 21 heavy (non-hydrogen) atoms. The van der Waals surface area contributed by atoms with Crippen molar-refractivity contribution >= 4 is 5.97 Å². The van der Waals surface area contributed by atoms with Crippen molar-refractivity contribution in [3.63, 3.8) is 0 Å². The molecule has 0 amide bonds. The van der Waals surface area contributed by atoms with Crippen LogP contribution in [-0.4, -0.2) is 17.6 Å². The van der Waals surface area contributed by atoms with E-state index in [1.54, 1.807) is 6.07 Å². The van der Waals surface area contributed by atoms with Crippen LogP contribution in [0.15, 0.2) is 48.5 Å². The van der Waals surface area contributed by atoms with Crippen LogP contribution in [0.4, 0.5) is 4.39 Å². The summed E-state index contributed by atoms with van der Waals surface area (Å²) in [5.74, 6) is -1.66. The average Bonchev–Trinajstić information content (AvgIpc) is 2.47. The zero-order valence-corrected chi connectivity index (χ0v) is 11.8. The molecule has 0 spiro atoms. The van der Waals surface area contributed by atoms with Crippen LogP contribution in [0.25, 0.3) is 0 Å². The first-order valence-electron chi connectivity index (χ1n) is 6.73. The summed E-state index contributed by atoms with van der Waals surface area (Å²) in [5, 5.41) is 9.67. The lowest BCUT2D eigenvalue weighted by Gasteiger charge is -2.29. The number of carboxylic acid groups (broad SMARTS) is 1. The van der Waals surface area contributed by atoms with Crippen molar-refractivity contribution in [2.24, 2.45) is 5.73 Å². The summed E-state index contributed by atoms with van der Waals surface area (Å²) in [6, 6.07) is 13.4. The van der Waals surface area contributed by atoms with Gasteiger partial charge in [-0.25, -0.2) is 4.39 Å². The highest BCUT2D eigenvalue weighted by Gasteiger charge is 2.41. The highest BCUT2D eigenvalue weighted by atomic mass is 19.1. The molecule has 3 N–H and O–H groups in total. The number of nitrogens with two attached hydrogens (primary N) is 1. The Kier molecular flexibility index (Phi) is 4.38. The maximum atomic E-state index is 14.1. The third-order valence-corrected chi connectivity index (χ3v) is 3.77. The van der Waals surface area contributed by atoms with Crippen LogP contribution in [0.5, 0.6) is 0 Å². The van der Waals surface area contributed by atoms with Crippen molar-refractivity contribution < 1.29 is 14.3 Å². The fourth-order valence-electron chi connectivity index (χ4n) is 2.46. The van der Waals surface area contributed by atoms with Gasteiger partial charge in [0.15, 0.2) is 0 Å². The quantitative estimate of drug-likeness (QED) is 0.888. The van der Waals surface area contributed by atoms with Gasteiger partial charge in [0.2, 0.25) is 0 Å². The molecule has 1 atom stereocenters. The van der Waals surface area contributed by atoms with E-state index in [2.05, 4.69) is 0 Å². The van der Waals surface area contributed by atoms with E-state index in [1.807, 2.05) is 31.2 Å². The van der Waals surface area contributed by atoms with E-state index in [0.717, 1.165) is 11.1 Å². The molecule has 0 fully saturated rings. The molecule has 3 nitrogen and oxygen atoms in total. The molecule has 1 unspecified atom stereocenters. The van der Waals surface area contributed by atoms with E-state index in [9.17, 15) is 14.3 Å². The van der Waals surface area contributed by atoms with E-state index in [0.29, 0.717) is 0 Å². The van der Waals surface area contributed by atoms with Crippen molar-refractivity contribution in [2.45, 2.75) is 18.8 Å². The van der Waals surface area contributed by atoms with E-state index in [1.165, 1.54) is 18.2 Å². The molecule has 0 bridgehead atoms. The van der Waals surface area contributed by atoms with Crippen molar-refractivity contribution in [3.8, 4) is 0 Å². The summed E-state index contributed by atoms with van der Waals surface area (Å²) in [4.78, 5) is 11.8. The van der Waals surface area contributed by atoms with E-state index in [-0.39, 0.29) is 18.5 Å². The molecule has 0 heterocycles. The Hall–Kier alpha value is -2.20. The second-order valence-corrected chi connectivity index (χ2v) is 5.23. The van der Waals surface area contributed by atoms with Crippen LogP contribution in [0.1, 0.15) is 16.7 Å². The number of aliphatic carboxylic acids is 1. The Labute approximate surface area is 123 Å². The second kappa shape index (κ2) is 6.06. The predicted octanol–water partition coefficient (Wildman–Crippen LogP) is 2.66. The number of carbonyl (C=O) groups is 1. The SMILES string of the molecule is Cc1ccc(CC(CN)(C(=O)O)c2ccccc2F)cc1. The second-order valence-electron chi connectivity index (χ2n) is 5.23. The maximum absolute atomic E-state index is 14.1. The molecule has 2 aromatic rings. The molecule has 0 saturated heterocycles. The first-order valence-corrected chi connectivity index (χ1v) is 6.73. The summed E-state index contributed by atoms with van der Waals surface area (Å²) in [7, 11) is 0. The van der Waals surface area contributed by atoms with Gasteiger partial charge in [-0.2, -0.15) is 0 Å². The van der Waals surface area contributed by atoms with Gasteiger partial charge in [-0.3, -0.25) is 4.79 Å². The predicted molar refractivity (Wildman–Crippen MR) is 79.7 cm³/mol. The van der Waals surface area contributed by atoms with Gasteiger partial charge in [0.1, 0.15) is 11.2 Å². The topological polar surface area (TPSA) is 63.3 Å². The van der Waals surface area contributed by atoms with Gasteiger partial charge in [0, 0.05) is 12.1 Å². The number of rotatable bonds is 5. The number of carboxylic acids is 1. The van der Waals surface area contributed by atoms with E-state index in [4.69, 9.17) is 5.73 Å². The highest BCUT2D eigenvalue weighted by molar-refractivity contribution is 5.82. The van der Waals surface area contributed by atoms with Crippen LogP contribution in [0.3, 0.4) is 0 Å². The zero-order chi connectivity index (χ0) is 15.5. The van der Waals surface area contributed by atoms with Crippen LogP contribution >= 0.6 is 0 Å². The van der Waals surface area contributed by atoms with Crippen LogP contribution in [-0.2, 0) is 16.6 Å². The number of aryl methyl sites for hydroxylation is 1. The lowest BCUT2D eigenvalue weighted by molar-refractivity contribution is -0.143. The average molecular weight is 287 g/mol. The smallest absolute Gasteiger partial charge is 0.315 e. The minimum Gasteiger partial charge on any atom is -0.481 e. The van der Waals surface area contributed by atoms with E-state index < -0.39 is 17.2 Å². The standard InChI is InChI=1S/C17H18FNO2/c1-12-6-8-13(9-7-12)10-17(11-19,16(20)21)14-4-2-3-5-15(14)18/h2-9H,10-11,19H2,1H3,(H,20,21). The number of halogens is 1. The number of hydrogen-bond acceptors (Lipinski definition) is 2. The van der Waals surface area contributed by atoms with Crippen LogP contribution in [0.2, 0.25) is 0 Å². The molecule has 0 radical (unpaired) electrons. The van der Waals surface area contributed by atoms with Gasteiger partial charge < -0.3 is 10.8 Å². The van der Waals surface area contributed by atoms with Gasteiger partial charge in [-0.05, 0) is 25.0 Å². The minimum atomic E-state index is -1.46. The Morgan fingerprint density at radius 3 is 2.33 bits per heavy atom. The normalized spacial score (nSPS) is 13.7. The van der Waals surface area contributed by atoms with Gasteiger partial charge >= 0.3 is 5.97 Å². The van der Waals surface area contributed by atoms with Crippen molar-refractivity contribution in [2.75, 3.05) is 6.54 Å². The number of hydrogen-bond donors (Lipinski definition) is 2. The number of benzene rings is 2. The third kappa shape index (κ3) is 2.95. The summed E-state index contributed by atoms with van der Waals surface area (Å²) < 4.78 is 14.1. The van der Waals surface area contributed by atoms with Gasteiger partial charge in [-0.1, -0.05) is 48.0 Å². The largest absolute Gasteiger partial charge is 0.481 e. The molecule has 110 valence electrons. The first-order chi connectivity index (χ1) is 9.99. The summed E-state index contributed by atoms with van der Waals surface area (Å²) in [6.07, 6.45) is 0.153.